The van der Waals surface area contributed by atoms with E-state index in [1.165, 1.54) is 12.1 Å². The number of nitrogens with one attached hydrogen (secondary N) is 1. The van der Waals surface area contributed by atoms with E-state index in [1.54, 1.807) is 39.0 Å². The van der Waals surface area contributed by atoms with Gasteiger partial charge in [-0.25, -0.2) is 4.79 Å². The zero-order valence-electron chi connectivity index (χ0n) is 16.7. The Hall–Kier alpha value is -2.42. The zero-order valence-corrected chi connectivity index (χ0v) is 17.6. The number of rotatable bonds is 8. The van der Waals surface area contributed by atoms with Crippen molar-refractivity contribution >= 4 is 16.2 Å². The molecule has 158 valence electrons. The van der Waals surface area contributed by atoms with Crippen LogP contribution in [0.5, 0.6) is 0 Å². The fourth-order valence-corrected chi connectivity index (χ4v) is 3.49. The van der Waals surface area contributed by atoms with Crippen LogP contribution in [0.2, 0.25) is 0 Å². The Morgan fingerprint density at radius 2 is 1.59 bits per heavy atom. The molecule has 0 radical (unpaired) electrons. The first-order valence-corrected chi connectivity index (χ1v) is 10.6. The number of aliphatic hydroxyl groups excluding tert-OH is 1. The highest BCUT2D eigenvalue weighted by Gasteiger charge is 2.27. The van der Waals surface area contributed by atoms with Crippen LogP contribution in [0.15, 0.2) is 65.6 Å². The molecule has 0 aliphatic carbocycles. The molecule has 1 amide bonds. The molecule has 2 rings (SSSR count). The van der Waals surface area contributed by atoms with E-state index >= 15 is 0 Å². The summed E-state index contributed by atoms with van der Waals surface area (Å²) in [5, 5.41) is 13.2. The van der Waals surface area contributed by atoms with Gasteiger partial charge in [0.15, 0.2) is 0 Å². The largest absolute Gasteiger partial charge is 0.444 e. The molecule has 8 heteroatoms. The predicted molar refractivity (Wildman–Crippen MR) is 109 cm³/mol. The van der Waals surface area contributed by atoms with E-state index in [-0.39, 0.29) is 11.3 Å². The van der Waals surface area contributed by atoms with Crippen molar-refractivity contribution in [3.05, 3.63) is 66.2 Å². The van der Waals surface area contributed by atoms with Crippen LogP contribution < -0.4 is 5.32 Å². The summed E-state index contributed by atoms with van der Waals surface area (Å²) in [6.07, 6.45) is -1.71. The summed E-state index contributed by atoms with van der Waals surface area (Å²) < 4.78 is 34.8. The van der Waals surface area contributed by atoms with Crippen LogP contribution in [0.3, 0.4) is 0 Å². The van der Waals surface area contributed by atoms with Crippen molar-refractivity contribution in [1.29, 1.82) is 0 Å². The molecule has 2 aromatic rings. The van der Waals surface area contributed by atoms with Gasteiger partial charge in [-0.15, -0.1) is 0 Å². The van der Waals surface area contributed by atoms with Crippen molar-refractivity contribution in [1.82, 2.24) is 5.32 Å². The molecular weight excluding hydrogens is 394 g/mol. The van der Waals surface area contributed by atoms with E-state index in [0.29, 0.717) is 0 Å². The maximum absolute atomic E-state index is 12.3. The van der Waals surface area contributed by atoms with Crippen LogP contribution >= 0.6 is 0 Å². The molecule has 2 unspecified atom stereocenters. The van der Waals surface area contributed by atoms with Crippen LogP contribution in [0.1, 0.15) is 26.3 Å². The van der Waals surface area contributed by atoms with Gasteiger partial charge < -0.3 is 15.2 Å². The SMILES string of the molecule is CC(C)(C)OC(=O)NC(Cc1ccccc1)C(O)COS(=O)(=O)c1ccccc1. The minimum absolute atomic E-state index is 0.00749. The van der Waals surface area contributed by atoms with E-state index in [9.17, 15) is 18.3 Å². The molecule has 0 aliphatic heterocycles. The maximum atomic E-state index is 12.3. The van der Waals surface area contributed by atoms with E-state index < -0.39 is 40.6 Å². The lowest BCUT2D eigenvalue weighted by atomic mass is 10.0. The number of hydrogen-bond acceptors (Lipinski definition) is 6. The third-order valence-corrected chi connectivity index (χ3v) is 5.19. The van der Waals surface area contributed by atoms with Gasteiger partial charge in [-0.05, 0) is 44.9 Å². The summed E-state index contributed by atoms with van der Waals surface area (Å²) in [5.41, 5.74) is 0.151. The van der Waals surface area contributed by atoms with E-state index in [1.807, 2.05) is 30.3 Å². The molecule has 0 fully saturated rings. The van der Waals surface area contributed by atoms with Gasteiger partial charge in [-0.2, -0.15) is 8.42 Å². The van der Waals surface area contributed by atoms with Gasteiger partial charge in [0.2, 0.25) is 0 Å². The van der Waals surface area contributed by atoms with Gasteiger partial charge in [0.05, 0.1) is 23.6 Å². The maximum Gasteiger partial charge on any atom is 0.407 e. The monoisotopic (exact) mass is 421 g/mol. The Balaban J connectivity index is 2.09. The first kappa shape index (κ1) is 22.9. The number of benzene rings is 2. The number of carbonyl (C=O) groups is 1. The van der Waals surface area contributed by atoms with Crippen molar-refractivity contribution in [3.63, 3.8) is 0 Å². The van der Waals surface area contributed by atoms with Crippen LogP contribution in [0.4, 0.5) is 4.79 Å². The second-order valence-electron chi connectivity index (χ2n) is 7.56. The molecule has 29 heavy (non-hydrogen) atoms. The van der Waals surface area contributed by atoms with Crippen molar-refractivity contribution in [2.45, 2.75) is 49.8 Å². The highest BCUT2D eigenvalue weighted by atomic mass is 32.2. The average Bonchev–Trinajstić information content (AvgIpc) is 2.66. The average molecular weight is 422 g/mol. The standard InChI is InChI=1S/C21H27NO6S/c1-21(2,3)28-20(24)22-18(14-16-10-6-4-7-11-16)19(23)15-27-29(25,26)17-12-8-5-9-13-17/h4-13,18-19,23H,14-15H2,1-3H3,(H,22,24). The topological polar surface area (TPSA) is 102 Å². The molecule has 0 spiro atoms. The van der Waals surface area contributed by atoms with Gasteiger partial charge in [0, 0.05) is 0 Å². The third kappa shape index (κ3) is 7.84. The second-order valence-corrected chi connectivity index (χ2v) is 9.18. The van der Waals surface area contributed by atoms with Crippen LogP contribution in [0, 0.1) is 0 Å². The Morgan fingerprint density at radius 3 is 2.14 bits per heavy atom. The molecule has 7 nitrogen and oxygen atoms in total. The number of alkyl carbamates (subject to hydrolysis) is 1. The first-order chi connectivity index (χ1) is 13.6. The predicted octanol–water partition coefficient (Wildman–Crippen LogP) is 2.89. The molecule has 0 bridgehead atoms. The van der Waals surface area contributed by atoms with Gasteiger partial charge in [0.25, 0.3) is 10.1 Å². The summed E-state index contributed by atoms with van der Waals surface area (Å²) >= 11 is 0. The van der Waals surface area contributed by atoms with E-state index in [2.05, 4.69) is 5.32 Å². The minimum atomic E-state index is -4.02. The lowest BCUT2D eigenvalue weighted by molar-refractivity contribution is 0.0355. The Morgan fingerprint density at radius 1 is 1.03 bits per heavy atom. The summed E-state index contributed by atoms with van der Waals surface area (Å²) in [4.78, 5) is 12.2. The van der Waals surface area contributed by atoms with Crippen molar-refractivity contribution in [2.24, 2.45) is 0 Å². The molecule has 2 atom stereocenters. The van der Waals surface area contributed by atoms with Gasteiger partial charge in [0.1, 0.15) is 5.60 Å². The molecule has 2 N–H and O–H groups in total. The van der Waals surface area contributed by atoms with Gasteiger partial charge in [-0.3, -0.25) is 4.18 Å². The molecule has 2 aromatic carbocycles. The number of amides is 1. The molecule has 0 saturated carbocycles. The van der Waals surface area contributed by atoms with Gasteiger partial charge in [-0.1, -0.05) is 48.5 Å². The van der Waals surface area contributed by atoms with E-state index in [0.717, 1.165) is 5.56 Å². The summed E-state index contributed by atoms with van der Waals surface area (Å²) in [6.45, 7) is 4.67. The zero-order chi connectivity index (χ0) is 21.5. The highest BCUT2D eigenvalue weighted by molar-refractivity contribution is 7.86. The van der Waals surface area contributed by atoms with Gasteiger partial charge >= 0.3 is 6.09 Å². The Labute approximate surface area is 171 Å². The van der Waals surface area contributed by atoms with Crippen molar-refractivity contribution in [3.8, 4) is 0 Å². The Kier molecular flexibility index (Phi) is 7.78. The molecule has 0 aliphatic rings. The van der Waals surface area contributed by atoms with Crippen molar-refractivity contribution < 1.29 is 27.2 Å². The van der Waals surface area contributed by atoms with Crippen LogP contribution in [-0.2, 0) is 25.5 Å². The number of carbonyl (C=O) groups excluding carboxylic acids is 1. The van der Waals surface area contributed by atoms with Crippen molar-refractivity contribution in [2.75, 3.05) is 6.61 Å². The third-order valence-electron chi connectivity index (χ3n) is 3.89. The smallest absolute Gasteiger partial charge is 0.407 e. The lowest BCUT2D eigenvalue weighted by Gasteiger charge is -2.26. The van der Waals surface area contributed by atoms with Crippen LogP contribution in [0.25, 0.3) is 0 Å². The normalized spacial score (nSPS) is 14.1. The second kappa shape index (κ2) is 9.87. The summed E-state index contributed by atoms with van der Waals surface area (Å²) in [7, 11) is -4.02. The Bertz CT molecular complexity index is 878. The lowest BCUT2D eigenvalue weighted by Crippen LogP contribution is -2.48. The number of hydrogen-bond donors (Lipinski definition) is 2. The highest BCUT2D eigenvalue weighted by Crippen LogP contribution is 2.14. The molecule has 0 aromatic heterocycles. The minimum Gasteiger partial charge on any atom is -0.444 e. The first-order valence-electron chi connectivity index (χ1n) is 9.23. The summed E-state index contributed by atoms with van der Waals surface area (Å²) in [5.74, 6) is 0. The van der Waals surface area contributed by atoms with Crippen LogP contribution in [-0.4, -0.2) is 44.0 Å². The molecule has 0 saturated heterocycles. The molecule has 0 heterocycles. The molecular formula is C21H27NO6S. The quantitative estimate of drug-likeness (QED) is 0.636. The fraction of sp³-hybridized carbons (Fsp3) is 0.381. The fourth-order valence-electron chi connectivity index (χ4n) is 2.54. The van der Waals surface area contributed by atoms with E-state index in [4.69, 9.17) is 8.92 Å². The number of ether oxygens (including phenoxy) is 1. The number of aliphatic hydroxyl groups is 1. The summed E-state index contributed by atoms with van der Waals surface area (Å²) in [6, 6.07) is 16.1.